The molecule has 6 heteroatoms. The first-order valence-electron chi connectivity index (χ1n) is 6.12. The predicted octanol–water partition coefficient (Wildman–Crippen LogP) is 3.19. The van der Waals surface area contributed by atoms with E-state index in [4.69, 9.17) is 4.74 Å². The van der Waals surface area contributed by atoms with Gasteiger partial charge in [-0.25, -0.2) is 4.98 Å². The Morgan fingerprint density at radius 2 is 2.50 bits per heavy atom. The fourth-order valence-electron chi connectivity index (χ4n) is 1.94. The Balaban J connectivity index is 1.57. The highest BCUT2D eigenvalue weighted by Crippen LogP contribution is 2.25. The van der Waals surface area contributed by atoms with Crippen LogP contribution in [0, 0.1) is 0 Å². The van der Waals surface area contributed by atoms with E-state index in [1.165, 1.54) is 12.8 Å². The molecular formula is C12H15N3OS2. The van der Waals surface area contributed by atoms with Gasteiger partial charge in [0.2, 0.25) is 5.16 Å². The van der Waals surface area contributed by atoms with Crippen molar-refractivity contribution in [2.45, 2.75) is 30.5 Å². The minimum absolute atomic E-state index is 0.368. The Morgan fingerprint density at radius 3 is 3.28 bits per heavy atom. The van der Waals surface area contributed by atoms with Crippen LogP contribution in [0.3, 0.4) is 0 Å². The van der Waals surface area contributed by atoms with Gasteiger partial charge in [0.25, 0.3) is 0 Å². The topological polar surface area (TPSA) is 50.8 Å². The molecule has 0 aliphatic carbocycles. The van der Waals surface area contributed by atoms with Crippen LogP contribution in [0.5, 0.6) is 0 Å². The van der Waals surface area contributed by atoms with Crippen LogP contribution in [0.2, 0.25) is 0 Å². The van der Waals surface area contributed by atoms with E-state index in [9.17, 15) is 0 Å². The summed E-state index contributed by atoms with van der Waals surface area (Å²) < 4.78 is 5.69. The number of aromatic nitrogens is 3. The van der Waals surface area contributed by atoms with Crippen molar-refractivity contribution in [2.75, 3.05) is 12.4 Å². The van der Waals surface area contributed by atoms with Gasteiger partial charge >= 0.3 is 0 Å². The lowest BCUT2D eigenvalue weighted by atomic mass is 10.1. The summed E-state index contributed by atoms with van der Waals surface area (Å²) in [5.41, 5.74) is 0. The van der Waals surface area contributed by atoms with Gasteiger partial charge in [-0.15, -0.1) is 16.4 Å². The van der Waals surface area contributed by atoms with Crippen molar-refractivity contribution in [2.24, 2.45) is 0 Å². The van der Waals surface area contributed by atoms with Crippen LogP contribution >= 0.6 is 23.1 Å². The predicted molar refractivity (Wildman–Crippen MR) is 74.0 cm³/mol. The lowest BCUT2D eigenvalue weighted by molar-refractivity contribution is 0.0315. The van der Waals surface area contributed by atoms with Gasteiger partial charge in [0, 0.05) is 12.4 Å². The number of hydrogen-bond donors (Lipinski definition) is 1. The van der Waals surface area contributed by atoms with Gasteiger partial charge in [-0.3, -0.25) is 5.10 Å². The average Bonchev–Trinajstić information content (AvgIpc) is 3.08. The number of ether oxygens (including phenoxy) is 1. The minimum Gasteiger partial charge on any atom is -0.377 e. The Labute approximate surface area is 114 Å². The summed E-state index contributed by atoms with van der Waals surface area (Å²) in [4.78, 5) is 5.62. The van der Waals surface area contributed by atoms with E-state index in [0.717, 1.165) is 34.6 Å². The van der Waals surface area contributed by atoms with Crippen LogP contribution in [0.25, 0.3) is 10.7 Å². The molecule has 96 valence electrons. The van der Waals surface area contributed by atoms with E-state index in [2.05, 4.69) is 15.2 Å². The van der Waals surface area contributed by atoms with E-state index < -0.39 is 0 Å². The summed E-state index contributed by atoms with van der Waals surface area (Å²) >= 11 is 3.34. The molecule has 1 aliphatic heterocycles. The molecule has 0 amide bonds. The molecule has 1 saturated heterocycles. The van der Waals surface area contributed by atoms with E-state index in [1.807, 2.05) is 17.5 Å². The fraction of sp³-hybridized carbons (Fsp3) is 0.500. The maximum atomic E-state index is 5.69. The molecule has 3 rings (SSSR count). The molecule has 0 aromatic carbocycles. The second-order valence-corrected chi connectivity index (χ2v) is 6.18. The molecule has 4 nitrogen and oxygen atoms in total. The number of thioether (sulfide) groups is 1. The fourth-order valence-corrected chi connectivity index (χ4v) is 3.47. The van der Waals surface area contributed by atoms with Crippen LogP contribution in [0.15, 0.2) is 22.7 Å². The highest BCUT2D eigenvalue weighted by atomic mass is 32.2. The zero-order valence-corrected chi connectivity index (χ0v) is 11.6. The van der Waals surface area contributed by atoms with Gasteiger partial charge in [0.05, 0.1) is 11.0 Å². The summed E-state index contributed by atoms with van der Waals surface area (Å²) in [6.45, 7) is 0.902. The first-order valence-corrected chi connectivity index (χ1v) is 7.99. The maximum Gasteiger partial charge on any atom is 0.208 e. The van der Waals surface area contributed by atoms with Crippen LogP contribution in [-0.2, 0) is 4.74 Å². The van der Waals surface area contributed by atoms with Crippen molar-refractivity contribution in [1.82, 2.24) is 15.2 Å². The van der Waals surface area contributed by atoms with Crippen LogP contribution in [-0.4, -0.2) is 33.6 Å². The Bertz CT molecular complexity index is 477. The summed E-state index contributed by atoms with van der Waals surface area (Å²) in [5.74, 6) is 1.80. The Hall–Kier alpha value is -0.850. The van der Waals surface area contributed by atoms with Crippen molar-refractivity contribution in [3.05, 3.63) is 17.5 Å². The molecular weight excluding hydrogens is 266 g/mol. The summed E-state index contributed by atoms with van der Waals surface area (Å²) in [6, 6.07) is 4.06. The Morgan fingerprint density at radius 1 is 1.50 bits per heavy atom. The molecule has 18 heavy (non-hydrogen) atoms. The van der Waals surface area contributed by atoms with Crippen LogP contribution in [0.1, 0.15) is 19.3 Å². The van der Waals surface area contributed by atoms with E-state index in [0.29, 0.717) is 6.10 Å². The minimum atomic E-state index is 0.368. The molecule has 0 saturated carbocycles. The van der Waals surface area contributed by atoms with E-state index in [1.54, 1.807) is 23.1 Å². The second kappa shape index (κ2) is 5.86. The van der Waals surface area contributed by atoms with Gasteiger partial charge < -0.3 is 4.74 Å². The number of thiophene rings is 1. The molecule has 1 atom stereocenters. The first kappa shape index (κ1) is 12.2. The van der Waals surface area contributed by atoms with Crippen molar-refractivity contribution in [3.8, 4) is 10.7 Å². The van der Waals surface area contributed by atoms with E-state index >= 15 is 0 Å². The molecule has 2 aromatic rings. The van der Waals surface area contributed by atoms with Crippen molar-refractivity contribution >= 4 is 23.1 Å². The molecule has 0 radical (unpaired) electrons. The monoisotopic (exact) mass is 281 g/mol. The summed E-state index contributed by atoms with van der Waals surface area (Å²) in [7, 11) is 0. The van der Waals surface area contributed by atoms with Gasteiger partial charge in [-0.05, 0) is 30.7 Å². The largest absolute Gasteiger partial charge is 0.377 e. The Kier molecular flexibility index (Phi) is 3.97. The molecule has 0 bridgehead atoms. The highest BCUT2D eigenvalue weighted by Gasteiger charge is 2.15. The normalized spacial score (nSPS) is 20.1. The molecule has 2 aromatic heterocycles. The zero-order chi connectivity index (χ0) is 12.2. The lowest BCUT2D eigenvalue weighted by Crippen LogP contribution is -2.21. The number of H-pyrrole nitrogens is 1. The number of nitrogens with one attached hydrogen (secondary N) is 1. The second-order valence-electron chi connectivity index (χ2n) is 4.24. The number of hydrogen-bond acceptors (Lipinski definition) is 5. The van der Waals surface area contributed by atoms with Crippen molar-refractivity contribution in [3.63, 3.8) is 0 Å². The van der Waals surface area contributed by atoms with Gasteiger partial charge in [0.1, 0.15) is 0 Å². The standard InChI is InChI=1S/C12H15N3OS2/c1-2-6-16-9(4-1)8-18-12-13-11(14-15-12)10-5-3-7-17-10/h3,5,7,9H,1-2,4,6,8H2,(H,13,14,15)/t9-/m0/s1. The molecule has 1 aliphatic rings. The quantitative estimate of drug-likeness (QED) is 0.874. The summed E-state index contributed by atoms with van der Waals surface area (Å²) in [5, 5.41) is 10.1. The lowest BCUT2D eigenvalue weighted by Gasteiger charge is -2.21. The molecule has 0 unspecified atom stereocenters. The highest BCUT2D eigenvalue weighted by molar-refractivity contribution is 7.99. The van der Waals surface area contributed by atoms with Crippen molar-refractivity contribution < 1.29 is 4.74 Å². The molecule has 0 spiro atoms. The van der Waals surface area contributed by atoms with E-state index in [-0.39, 0.29) is 0 Å². The average molecular weight is 281 g/mol. The van der Waals surface area contributed by atoms with Gasteiger partial charge in [-0.1, -0.05) is 17.8 Å². The number of rotatable bonds is 4. The van der Waals surface area contributed by atoms with Gasteiger partial charge in [0.15, 0.2) is 5.82 Å². The first-order chi connectivity index (χ1) is 8.92. The number of nitrogens with zero attached hydrogens (tertiary/aromatic N) is 2. The van der Waals surface area contributed by atoms with Gasteiger partial charge in [-0.2, -0.15) is 0 Å². The van der Waals surface area contributed by atoms with Crippen molar-refractivity contribution in [1.29, 1.82) is 0 Å². The summed E-state index contributed by atoms with van der Waals surface area (Å²) in [6.07, 6.45) is 4.01. The maximum absolute atomic E-state index is 5.69. The third-order valence-corrected chi connectivity index (χ3v) is 4.75. The molecule has 3 heterocycles. The molecule has 1 fully saturated rings. The zero-order valence-electron chi connectivity index (χ0n) is 9.96. The molecule has 1 N–H and O–H groups in total. The van der Waals surface area contributed by atoms with Crippen LogP contribution < -0.4 is 0 Å². The smallest absolute Gasteiger partial charge is 0.208 e. The third-order valence-electron chi connectivity index (χ3n) is 2.89. The number of aromatic amines is 1. The third kappa shape index (κ3) is 2.93. The SMILES string of the molecule is c1csc(-c2nc(SC[C@@H]3CCCCO3)n[nH]2)c1. The van der Waals surface area contributed by atoms with Crippen LogP contribution in [0.4, 0.5) is 0 Å².